The molecule has 33 heavy (non-hydrogen) atoms. The van der Waals surface area contributed by atoms with Gasteiger partial charge in [-0.1, -0.05) is 11.2 Å². The Morgan fingerprint density at radius 3 is 2.39 bits per heavy atom. The number of likely N-dealkylation sites (N-methyl/N-ethyl adjacent to an activating group) is 1. The lowest BCUT2D eigenvalue weighted by Gasteiger charge is -2.33. The van der Waals surface area contributed by atoms with Crippen LogP contribution in [0.3, 0.4) is 0 Å². The van der Waals surface area contributed by atoms with E-state index in [0.717, 1.165) is 31.7 Å². The first kappa shape index (κ1) is 22.9. The number of rotatable bonds is 6. The van der Waals surface area contributed by atoms with Crippen molar-refractivity contribution in [2.24, 2.45) is 0 Å². The first-order chi connectivity index (χ1) is 15.8. The fourth-order valence-electron chi connectivity index (χ4n) is 3.98. The van der Waals surface area contributed by atoms with Crippen molar-refractivity contribution >= 4 is 11.8 Å². The Balaban J connectivity index is 1.73. The number of aromatic nitrogens is 1. The number of halogens is 2. The van der Waals surface area contributed by atoms with E-state index in [-0.39, 0.29) is 29.9 Å². The first-order valence-electron chi connectivity index (χ1n) is 11.1. The summed E-state index contributed by atoms with van der Waals surface area (Å²) in [6, 6.07) is 11.6. The Hall–Kier alpha value is -3.26. The van der Waals surface area contributed by atoms with Gasteiger partial charge in [0.2, 0.25) is 5.88 Å². The molecule has 1 amide bonds. The van der Waals surface area contributed by atoms with E-state index >= 15 is 0 Å². The van der Waals surface area contributed by atoms with Gasteiger partial charge in [0.05, 0.1) is 12.1 Å². The van der Waals surface area contributed by atoms with Crippen LogP contribution in [0, 0.1) is 11.6 Å². The van der Waals surface area contributed by atoms with Crippen molar-refractivity contribution in [2.45, 2.75) is 26.4 Å². The second-order valence-corrected chi connectivity index (χ2v) is 8.65. The first-order valence-corrected chi connectivity index (χ1v) is 11.1. The third-order valence-electron chi connectivity index (χ3n) is 5.96. The fourth-order valence-corrected chi connectivity index (χ4v) is 3.98. The second kappa shape index (κ2) is 9.70. The minimum absolute atomic E-state index is 0.155. The van der Waals surface area contributed by atoms with E-state index in [1.807, 2.05) is 13.8 Å². The molecule has 1 aliphatic heterocycles. The van der Waals surface area contributed by atoms with Crippen LogP contribution in [-0.2, 0) is 6.54 Å². The van der Waals surface area contributed by atoms with Gasteiger partial charge >= 0.3 is 0 Å². The van der Waals surface area contributed by atoms with Gasteiger partial charge in [0.1, 0.15) is 17.3 Å². The Kier molecular flexibility index (Phi) is 6.74. The van der Waals surface area contributed by atoms with Crippen molar-refractivity contribution in [1.29, 1.82) is 0 Å². The fraction of sp³-hybridized carbons (Fsp3) is 0.360. The molecule has 0 aliphatic carbocycles. The zero-order valence-electron chi connectivity index (χ0n) is 19.1. The number of amides is 1. The highest BCUT2D eigenvalue weighted by molar-refractivity contribution is 5.94. The molecule has 0 bridgehead atoms. The summed E-state index contributed by atoms with van der Waals surface area (Å²) in [5.74, 6) is -0.465. The molecule has 1 aliphatic rings. The standard InChI is InChI=1S/C25H28F2N4O2/c1-17(2)31(24(32)19-5-4-6-21(27)15-19)16-22-23(18-7-9-20(26)10-8-18)28-33-25(22)30-13-11-29(3)12-14-30/h4-10,15,17H,11-14,16H2,1-3H3. The summed E-state index contributed by atoms with van der Waals surface area (Å²) in [7, 11) is 2.07. The summed E-state index contributed by atoms with van der Waals surface area (Å²) >= 11 is 0. The highest BCUT2D eigenvalue weighted by atomic mass is 19.1. The van der Waals surface area contributed by atoms with E-state index < -0.39 is 5.82 Å². The summed E-state index contributed by atoms with van der Waals surface area (Å²) < 4.78 is 33.1. The zero-order valence-corrected chi connectivity index (χ0v) is 19.1. The third-order valence-corrected chi connectivity index (χ3v) is 5.96. The van der Waals surface area contributed by atoms with Gasteiger partial charge in [0, 0.05) is 43.3 Å². The highest BCUT2D eigenvalue weighted by Crippen LogP contribution is 2.34. The molecule has 174 valence electrons. The second-order valence-electron chi connectivity index (χ2n) is 8.65. The van der Waals surface area contributed by atoms with Gasteiger partial charge in [-0.3, -0.25) is 4.79 Å². The van der Waals surface area contributed by atoms with Crippen LogP contribution in [-0.4, -0.2) is 60.1 Å². The number of hydrogen-bond acceptors (Lipinski definition) is 5. The SMILES string of the molecule is CC(C)N(Cc1c(-c2ccc(F)cc2)noc1N1CCN(C)CC1)C(=O)c1cccc(F)c1. The van der Waals surface area contributed by atoms with Crippen LogP contribution >= 0.6 is 0 Å². The number of nitrogens with zero attached hydrogens (tertiary/aromatic N) is 4. The Labute approximate surface area is 192 Å². The number of piperazine rings is 1. The molecule has 0 atom stereocenters. The molecular weight excluding hydrogens is 426 g/mol. The number of anilines is 1. The monoisotopic (exact) mass is 454 g/mol. The van der Waals surface area contributed by atoms with E-state index in [4.69, 9.17) is 4.52 Å². The summed E-state index contributed by atoms with van der Waals surface area (Å²) in [5, 5.41) is 4.32. The predicted octanol–water partition coefficient (Wildman–Crippen LogP) is 4.42. The lowest BCUT2D eigenvalue weighted by molar-refractivity contribution is 0.0690. The third kappa shape index (κ3) is 5.06. The summed E-state index contributed by atoms with van der Waals surface area (Å²) in [5.41, 5.74) is 2.31. The molecule has 0 unspecified atom stereocenters. The van der Waals surface area contributed by atoms with Gasteiger partial charge < -0.3 is 19.2 Å². The molecule has 1 saturated heterocycles. The topological polar surface area (TPSA) is 52.8 Å². The van der Waals surface area contributed by atoms with Gasteiger partial charge in [0.25, 0.3) is 5.91 Å². The van der Waals surface area contributed by atoms with E-state index in [2.05, 4.69) is 22.0 Å². The molecule has 0 saturated carbocycles. The number of hydrogen-bond donors (Lipinski definition) is 0. The maximum atomic E-state index is 13.8. The van der Waals surface area contributed by atoms with Gasteiger partial charge in [-0.15, -0.1) is 0 Å². The maximum absolute atomic E-state index is 13.8. The average Bonchev–Trinajstić information content (AvgIpc) is 3.21. The Morgan fingerprint density at radius 2 is 1.76 bits per heavy atom. The minimum atomic E-state index is -0.459. The quantitative estimate of drug-likeness (QED) is 0.552. The zero-order chi connectivity index (χ0) is 23.5. The number of carbonyl (C=O) groups excluding carboxylic acids is 1. The van der Waals surface area contributed by atoms with E-state index in [9.17, 15) is 13.6 Å². The molecule has 2 heterocycles. The van der Waals surface area contributed by atoms with E-state index in [1.165, 1.54) is 30.3 Å². The highest BCUT2D eigenvalue weighted by Gasteiger charge is 2.29. The van der Waals surface area contributed by atoms with Crippen LogP contribution in [0.15, 0.2) is 53.1 Å². The molecule has 3 aromatic rings. The molecular formula is C25H28F2N4O2. The molecule has 1 aromatic heterocycles. The van der Waals surface area contributed by atoms with Crippen molar-refractivity contribution in [3.05, 3.63) is 71.3 Å². The van der Waals surface area contributed by atoms with E-state index in [1.54, 1.807) is 23.1 Å². The van der Waals surface area contributed by atoms with Crippen molar-refractivity contribution in [1.82, 2.24) is 15.0 Å². The van der Waals surface area contributed by atoms with Crippen LogP contribution in [0.4, 0.5) is 14.7 Å². The van der Waals surface area contributed by atoms with E-state index in [0.29, 0.717) is 17.1 Å². The van der Waals surface area contributed by atoms with Crippen LogP contribution in [0.25, 0.3) is 11.3 Å². The van der Waals surface area contributed by atoms with Crippen molar-refractivity contribution in [2.75, 3.05) is 38.1 Å². The Bertz CT molecular complexity index is 1110. The molecule has 0 radical (unpaired) electrons. The van der Waals surface area contributed by atoms with Crippen LogP contribution < -0.4 is 4.90 Å². The molecule has 0 N–H and O–H groups in total. The number of benzene rings is 2. The molecule has 1 fully saturated rings. The minimum Gasteiger partial charge on any atom is -0.338 e. The number of carbonyl (C=O) groups is 1. The van der Waals surface area contributed by atoms with Crippen molar-refractivity contribution < 1.29 is 18.1 Å². The lowest BCUT2D eigenvalue weighted by Crippen LogP contribution is -2.45. The molecule has 4 rings (SSSR count). The largest absolute Gasteiger partial charge is 0.338 e. The smallest absolute Gasteiger partial charge is 0.254 e. The Morgan fingerprint density at radius 1 is 1.06 bits per heavy atom. The molecule has 2 aromatic carbocycles. The summed E-state index contributed by atoms with van der Waals surface area (Å²) in [4.78, 5) is 19.4. The van der Waals surface area contributed by atoms with Gasteiger partial charge in [0.15, 0.2) is 0 Å². The van der Waals surface area contributed by atoms with Gasteiger partial charge in [-0.2, -0.15) is 0 Å². The molecule has 8 heteroatoms. The summed E-state index contributed by atoms with van der Waals surface area (Å²) in [6.45, 7) is 7.34. The van der Waals surface area contributed by atoms with Crippen LogP contribution in [0.1, 0.15) is 29.8 Å². The molecule has 0 spiro atoms. The molecule has 6 nitrogen and oxygen atoms in total. The predicted molar refractivity (Wildman–Crippen MR) is 123 cm³/mol. The summed E-state index contributed by atoms with van der Waals surface area (Å²) in [6.07, 6.45) is 0. The lowest BCUT2D eigenvalue weighted by atomic mass is 10.0. The van der Waals surface area contributed by atoms with Gasteiger partial charge in [-0.25, -0.2) is 8.78 Å². The van der Waals surface area contributed by atoms with Crippen molar-refractivity contribution in [3.63, 3.8) is 0 Å². The van der Waals surface area contributed by atoms with Crippen LogP contribution in [0.5, 0.6) is 0 Å². The normalized spacial score (nSPS) is 14.7. The maximum Gasteiger partial charge on any atom is 0.254 e. The van der Waals surface area contributed by atoms with Gasteiger partial charge in [-0.05, 0) is 63.4 Å². The average molecular weight is 455 g/mol. The van der Waals surface area contributed by atoms with Crippen molar-refractivity contribution in [3.8, 4) is 11.3 Å². The van der Waals surface area contributed by atoms with Crippen LogP contribution in [0.2, 0.25) is 0 Å².